The Balaban J connectivity index is 2.02. The number of anilines is 1. The molecule has 1 aliphatic heterocycles. The lowest BCUT2D eigenvalue weighted by Crippen LogP contribution is -2.13. The van der Waals surface area contributed by atoms with E-state index in [9.17, 15) is 0 Å². The van der Waals surface area contributed by atoms with Crippen molar-refractivity contribution in [3.63, 3.8) is 0 Å². The highest BCUT2D eigenvalue weighted by Gasteiger charge is 2.33. The van der Waals surface area contributed by atoms with Crippen molar-refractivity contribution in [3.05, 3.63) is 18.6 Å². The minimum Gasteiger partial charge on any atom is -0.383 e. The molecule has 3 rings (SSSR count). The van der Waals surface area contributed by atoms with Crippen molar-refractivity contribution >= 4 is 16.9 Å². The number of hydrogen-bond acceptors (Lipinski definition) is 4. The summed E-state index contributed by atoms with van der Waals surface area (Å²) in [5.74, 6) is 1.01. The number of nitrogen functional groups attached to an aromatic ring is 1. The third-order valence-corrected chi connectivity index (χ3v) is 3.72. The van der Waals surface area contributed by atoms with Crippen LogP contribution in [0.3, 0.4) is 0 Å². The molecule has 3 heterocycles. The van der Waals surface area contributed by atoms with Crippen LogP contribution in [0, 0.1) is 5.92 Å². The van der Waals surface area contributed by atoms with E-state index >= 15 is 0 Å². The number of aromatic nitrogens is 3. The van der Waals surface area contributed by atoms with Crippen LogP contribution in [0.25, 0.3) is 11.0 Å². The maximum atomic E-state index is 6.08. The summed E-state index contributed by atoms with van der Waals surface area (Å²) < 4.78 is 8.15. The zero-order chi connectivity index (χ0) is 12.7. The summed E-state index contributed by atoms with van der Waals surface area (Å²) in [5, 5.41) is 0.897. The molecule has 3 atom stereocenters. The van der Waals surface area contributed by atoms with Gasteiger partial charge in [0.15, 0.2) is 0 Å². The molecule has 18 heavy (non-hydrogen) atoms. The maximum Gasteiger partial charge on any atom is 0.147 e. The standard InChI is InChI=1S/C13H18N4O/c1-3-9-6-8(2)13(18-9)17-5-4-10-11(14)15-7-16-12(10)17/h4-5,7-9,13H,3,6H2,1-2H3,(H2,14,15,16). The largest absolute Gasteiger partial charge is 0.383 e. The molecular formula is C13H18N4O. The van der Waals surface area contributed by atoms with Crippen LogP contribution >= 0.6 is 0 Å². The van der Waals surface area contributed by atoms with Crippen LogP contribution in [0.1, 0.15) is 32.9 Å². The lowest BCUT2D eigenvalue weighted by Gasteiger charge is -2.18. The van der Waals surface area contributed by atoms with E-state index in [0.717, 1.165) is 23.9 Å². The van der Waals surface area contributed by atoms with Gasteiger partial charge in [-0.05, 0) is 18.9 Å². The van der Waals surface area contributed by atoms with E-state index < -0.39 is 0 Å². The first-order valence-corrected chi connectivity index (χ1v) is 6.43. The summed E-state index contributed by atoms with van der Waals surface area (Å²) >= 11 is 0. The summed E-state index contributed by atoms with van der Waals surface area (Å²) in [6.45, 7) is 4.38. The van der Waals surface area contributed by atoms with Gasteiger partial charge in [0.1, 0.15) is 24.0 Å². The minimum atomic E-state index is 0.0572. The van der Waals surface area contributed by atoms with E-state index in [1.165, 1.54) is 6.33 Å². The van der Waals surface area contributed by atoms with E-state index in [1.807, 2.05) is 12.3 Å². The molecule has 1 fully saturated rings. The zero-order valence-corrected chi connectivity index (χ0v) is 10.7. The summed E-state index contributed by atoms with van der Waals surface area (Å²) in [5.41, 5.74) is 6.71. The topological polar surface area (TPSA) is 66.0 Å². The summed E-state index contributed by atoms with van der Waals surface area (Å²) in [4.78, 5) is 8.33. The van der Waals surface area contributed by atoms with Gasteiger partial charge in [-0.25, -0.2) is 9.97 Å². The van der Waals surface area contributed by atoms with Crippen molar-refractivity contribution in [2.24, 2.45) is 5.92 Å². The summed E-state index contributed by atoms with van der Waals surface area (Å²) in [6, 6.07) is 1.96. The van der Waals surface area contributed by atoms with Crippen molar-refractivity contribution in [1.29, 1.82) is 0 Å². The molecule has 0 aliphatic carbocycles. The fourth-order valence-corrected chi connectivity index (χ4v) is 2.72. The van der Waals surface area contributed by atoms with E-state index in [-0.39, 0.29) is 6.23 Å². The van der Waals surface area contributed by atoms with Gasteiger partial charge < -0.3 is 15.0 Å². The Hall–Kier alpha value is -1.62. The Morgan fingerprint density at radius 3 is 3.06 bits per heavy atom. The SMILES string of the molecule is CCC1CC(C)C(n2ccc3c(N)ncnc32)O1. The van der Waals surface area contributed by atoms with Crippen molar-refractivity contribution in [1.82, 2.24) is 14.5 Å². The van der Waals surface area contributed by atoms with Gasteiger partial charge in [0, 0.05) is 12.1 Å². The molecule has 1 saturated heterocycles. The Kier molecular flexibility index (Phi) is 2.70. The van der Waals surface area contributed by atoms with Crippen LogP contribution < -0.4 is 5.73 Å². The molecule has 5 nitrogen and oxygen atoms in total. The smallest absolute Gasteiger partial charge is 0.147 e. The number of nitrogens with zero attached hydrogens (tertiary/aromatic N) is 3. The molecule has 0 aromatic carbocycles. The molecule has 96 valence electrons. The normalized spacial score (nSPS) is 28.0. The number of ether oxygens (including phenoxy) is 1. The first kappa shape index (κ1) is 11.5. The van der Waals surface area contributed by atoms with Gasteiger partial charge in [0.05, 0.1) is 11.5 Å². The van der Waals surface area contributed by atoms with Crippen molar-refractivity contribution in [2.75, 3.05) is 5.73 Å². The molecule has 0 amide bonds. The van der Waals surface area contributed by atoms with Crippen LogP contribution in [0.2, 0.25) is 0 Å². The molecule has 1 aliphatic rings. The maximum absolute atomic E-state index is 6.08. The van der Waals surface area contributed by atoms with Crippen molar-refractivity contribution in [3.8, 4) is 0 Å². The zero-order valence-electron chi connectivity index (χ0n) is 10.7. The molecule has 2 N–H and O–H groups in total. The fourth-order valence-electron chi connectivity index (χ4n) is 2.72. The van der Waals surface area contributed by atoms with Gasteiger partial charge in [-0.3, -0.25) is 0 Å². The number of fused-ring (bicyclic) bond motifs is 1. The molecule has 0 spiro atoms. The predicted octanol–water partition coefficient (Wildman–Crippen LogP) is 2.35. The Bertz CT molecular complexity index is 565. The van der Waals surface area contributed by atoms with Crippen LogP contribution in [-0.2, 0) is 4.74 Å². The average molecular weight is 246 g/mol. The lowest BCUT2D eigenvalue weighted by molar-refractivity contribution is -0.00871. The molecule has 0 radical (unpaired) electrons. The van der Waals surface area contributed by atoms with E-state index in [4.69, 9.17) is 10.5 Å². The van der Waals surface area contributed by atoms with Crippen molar-refractivity contribution < 1.29 is 4.74 Å². The van der Waals surface area contributed by atoms with Crippen LogP contribution in [0.4, 0.5) is 5.82 Å². The highest BCUT2D eigenvalue weighted by molar-refractivity contribution is 5.86. The molecule has 2 aromatic rings. The highest BCUT2D eigenvalue weighted by atomic mass is 16.5. The van der Waals surface area contributed by atoms with Gasteiger partial charge in [-0.1, -0.05) is 13.8 Å². The van der Waals surface area contributed by atoms with Crippen LogP contribution in [-0.4, -0.2) is 20.6 Å². The fraction of sp³-hybridized carbons (Fsp3) is 0.538. The Morgan fingerprint density at radius 1 is 1.50 bits per heavy atom. The average Bonchev–Trinajstić information content (AvgIpc) is 2.93. The summed E-state index contributed by atoms with van der Waals surface area (Å²) in [6.07, 6.45) is 6.06. The number of hydrogen-bond donors (Lipinski definition) is 1. The second-order valence-corrected chi connectivity index (χ2v) is 4.99. The Labute approximate surface area is 106 Å². The molecule has 2 aromatic heterocycles. The molecular weight excluding hydrogens is 228 g/mol. The predicted molar refractivity (Wildman–Crippen MR) is 69.9 cm³/mol. The minimum absolute atomic E-state index is 0.0572. The van der Waals surface area contributed by atoms with Crippen LogP contribution in [0.15, 0.2) is 18.6 Å². The lowest BCUT2D eigenvalue weighted by atomic mass is 10.0. The molecule has 0 bridgehead atoms. The van der Waals surface area contributed by atoms with Gasteiger partial charge in [-0.15, -0.1) is 0 Å². The monoisotopic (exact) mass is 246 g/mol. The quantitative estimate of drug-likeness (QED) is 0.883. The van der Waals surface area contributed by atoms with E-state index in [1.54, 1.807) is 0 Å². The van der Waals surface area contributed by atoms with Gasteiger partial charge in [-0.2, -0.15) is 0 Å². The molecule has 5 heteroatoms. The van der Waals surface area contributed by atoms with Crippen molar-refractivity contribution in [2.45, 2.75) is 39.0 Å². The number of nitrogens with two attached hydrogens (primary N) is 1. The van der Waals surface area contributed by atoms with E-state index in [0.29, 0.717) is 17.8 Å². The van der Waals surface area contributed by atoms with E-state index in [2.05, 4.69) is 28.4 Å². The molecule has 0 saturated carbocycles. The van der Waals surface area contributed by atoms with Gasteiger partial charge in [0.2, 0.25) is 0 Å². The second kappa shape index (κ2) is 4.24. The summed E-state index contributed by atoms with van der Waals surface area (Å²) in [7, 11) is 0. The third-order valence-electron chi connectivity index (χ3n) is 3.72. The Morgan fingerprint density at radius 2 is 2.33 bits per heavy atom. The first-order valence-electron chi connectivity index (χ1n) is 6.43. The number of rotatable bonds is 2. The van der Waals surface area contributed by atoms with Gasteiger partial charge >= 0.3 is 0 Å². The highest BCUT2D eigenvalue weighted by Crippen LogP contribution is 2.37. The van der Waals surface area contributed by atoms with Gasteiger partial charge in [0.25, 0.3) is 0 Å². The third kappa shape index (κ3) is 1.66. The first-order chi connectivity index (χ1) is 8.70. The van der Waals surface area contributed by atoms with Crippen LogP contribution in [0.5, 0.6) is 0 Å². The second-order valence-electron chi connectivity index (χ2n) is 4.99. The molecule has 3 unspecified atom stereocenters.